The molecule has 0 saturated heterocycles. The van der Waals surface area contributed by atoms with Crippen molar-refractivity contribution < 1.29 is 14.3 Å². The Balaban J connectivity index is 1.39. The van der Waals surface area contributed by atoms with Crippen LogP contribution in [0.15, 0.2) is 89.9 Å². The molecule has 2 aromatic heterocycles. The van der Waals surface area contributed by atoms with E-state index in [1.807, 2.05) is 24.3 Å². The van der Waals surface area contributed by atoms with Crippen LogP contribution >= 0.6 is 0 Å². The van der Waals surface area contributed by atoms with Gasteiger partial charge in [-0.3, -0.25) is 14.0 Å². The van der Waals surface area contributed by atoms with Crippen molar-refractivity contribution in [2.45, 2.75) is 19.6 Å². The lowest BCUT2D eigenvalue weighted by Crippen LogP contribution is -2.30. The maximum absolute atomic E-state index is 12.4. The molecule has 0 saturated carbocycles. The fourth-order valence-electron chi connectivity index (χ4n) is 3.00. The zero-order chi connectivity index (χ0) is 21.6. The van der Waals surface area contributed by atoms with Gasteiger partial charge in [-0.15, -0.1) is 0 Å². The molecular weight excluding hydrogens is 394 g/mol. The quantitative estimate of drug-likeness (QED) is 0.498. The molecule has 2 heterocycles. The van der Waals surface area contributed by atoms with Crippen molar-refractivity contribution in [2.75, 3.05) is 5.32 Å². The molecule has 1 amide bonds. The van der Waals surface area contributed by atoms with Crippen molar-refractivity contribution in [3.8, 4) is 11.5 Å². The molecule has 0 bridgehead atoms. The Morgan fingerprint density at radius 2 is 1.77 bits per heavy atom. The molecule has 156 valence electrons. The van der Waals surface area contributed by atoms with E-state index in [4.69, 9.17) is 9.47 Å². The van der Waals surface area contributed by atoms with E-state index in [2.05, 4.69) is 10.3 Å². The van der Waals surface area contributed by atoms with Gasteiger partial charge in [0.05, 0.1) is 5.69 Å². The number of benzene rings is 2. The average molecular weight is 415 g/mol. The van der Waals surface area contributed by atoms with E-state index in [0.29, 0.717) is 28.5 Å². The van der Waals surface area contributed by atoms with Crippen LogP contribution in [-0.4, -0.2) is 21.4 Å². The maximum Gasteiger partial charge on any atom is 0.265 e. The van der Waals surface area contributed by atoms with Crippen LogP contribution in [0.5, 0.6) is 11.5 Å². The van der Waals surface area contributed by atoms with Crippen LogP contribution in [0.3, 0.4) is 0 Å². The molecule has 1 N–H and O–H groups in total. The fraction of sp³-hybridized carbons (Fsp3) is 0.125. The topological polar surface area (TPSA) is 81.9 Å². The van der Waals surface area contributed by atoms with Crippen LogP contribution in [-0.2, 0) is 11.4 Å². The second-order valence-electron chi connectivity index (χ2n) is 6.89. The molecule has 31 heavy (non-hydrogen) atoms. The van der Waals surface area contributed by atoms with Crippen LogP contribution in [0.25, 0.3) is 5.65 Å². The minimum absolute atomic E-state index is 0.131. The third-order valence-corrected chi connectivity index (χ3v) is 4.54. The zero-order valence-electron chi connectivity index (χ0n) is 16.9. The summed E-state index contributed by atoms with van der Waals surface area (Å²) in [7, 11) is 0. The number of anilines is 1. The van der Waals surface area contributed by atoms with E-state index >= 15 is 0 Å². The Kier molecular flexibility index (Phi) is 5.93. The summed E-state index contributed by atoms with van der Waals surface area (Å²) in [5.74, 6) is 0.899. The number of fused-ring (bicyclic) bond motifs is 1. The van der Waals surface area contributed by atoms with Gasteiger partial charge < -0.3 is 14.8 Å². The average Bonchev–Trinajstić information content (AvgIpc) is 2.79. The number of carbonyl (C=O) groups is 1. The fourth-order valence-corrected chi connectivity index (χ4v) is 3.00. The first-order valence-electron chi connectivity index (χ1n) is 9.81. The molecule has 0 aliphatic heterocycles. The number of aromatic nitrogens is 2. The van der Waals surface area contributed by atoms with Gasteiger partial charge in [-0.1, -0.05) is 30.3 Å². The van der Waals surface area contributed by atoms with Gasteiger partial charge in [0.25, 0.3) is 11.5 Å². The molecule has 1 atom stereocenters. The number of carbonyl (C=O) groups excluding carboxylic acids is 1. The van der Waals surface area contributed by atoms with Gasteiger partial charge in [-0.2, -0.15) is 0 Å². The van der Waals surface area contributed by atoms with E-state index in [0.717, 1.165) is 0 Å². The van der Waals surface area contributed by atoms with Crippen molar-refractivity contribution in [1.82, 2.24) is 9.38 Å². The Bertz CT molecular complexity index is 1250. The van der Waals surface area contributed by atoms with Gasteiger partial charge in [0, 0.05) is 24.0 Å². The monoisotopic (exact) mass is 415 g/mol. The molecule has 4 rings (SSSR count). The van der Waals surface area contributed by atoms with E-state index < -0.39 is 6.10 Å². The lowest BCUT2D eigenvalue weighted by atomic mass is 10.2. The minimum atomic E-state index is -0.665. The van der Waals surface area contributed by atoms with Crippen molar-refractivity contribution in [3.05, 3.63) is 101 Å². The lowest BCUT2D eigenvalue weighted by molar-refractivity contribution is -0.122. The summed E-state index contributed by atoms with van der Waals surface area (Å²) in [5, 5.41) is 2.82. The molecule has 2 aromatic carbocycles. The normalized spacial score (nSPS) is 11.6. The molecular formula is C24H21N3O4. The standard InChI is InChI=1S/C24H21N3O4/c1-17(31-20-9-3-2-4-10-20)24(29)26-18-8-7-11-21(14-18)30-16-19-15-23(28)27-13-6-5-12-22(27)25-19/h2-15,17H,16H2,1H3,(H,26,29). The van der Waals surface area contributed by atoms with Gasteiger partial charge in [-0.25, -0.2) is 4.98 Å². The summed E-state index contributed by atoms with van der Waals surface area (Å²) in [6.45, 7) is 1.82. The molecule has 0 aliphatic rings. The summed E-state index contributed by atoms with van der Waals surface area (Å²) >= 11 is 0. The largest absolute Gasteiger partial charge is 0.487 e. The van der Waals surface area contributed by atoms with Crippen LogP contribution in [0.1, 0.15) is 12.6 Å². The molecule has 4 aromatic rings. The number of para-hydroxylation sites is 1. The molecule has 0 fully saturated rings. The molecule has 1 unspecified atom stereocenters. The summed E-state index contributed by atoms with van der Waals surface area (Å²) in [6, 6.07) is 23.0. The molecule has 7 nitrogen and oxygen atoms in total. The number of pyridine rings is 1. The minimum Gasteiger partial charge on any atom is -0.487 e. The van der Waals surface area contributed by atoms with Crippen LogP contribution in [0, 0.1) is 0 Å². The third kappa shape index (κ3) is 5.08. The van der Waals surface area contributed by atoms with E-state index in [-0.39, 0.29) is 18.1 Å². The first kappa shape index (κ1) is 20.2. The number of nitrogens with one attached hydrogen (secondary N) is 1. The first-order chi connectivity index (χ1) is 15.1. The van der Waals surface area contributed by atoms with Gasteiger partial charge in [0.2, 0.25) is 0 Å². The number of rotatable bonds is 7. The summed E-state index contributed by atoms with van der Waals surface area (Å²) in [4.78, 5) is 29.1. The predicted molar refractivity (Wildman–Crippen MR) is 117 cm³/mol. The Morgan fingerprint density at radius 1 is 1.00 bits per heavy atom. The number of amides is 1. The maximum atomic E-state index is 12.4. The van der Waals surface area contributed by atoms with E-state index in [1.54, 1.807) is 61.7 Å². The summed E-state index contributed by atoms with van der Waals surface area (Å²) in [5.41, 5.74) is 1.49. The third-order valence-electron chi connectivity index (χ3n) is 4.54. The number of nitrogens with zero attached hydrogens (tertiary/aromatic N) is 2. The highest BCUT2D eigenvalue weighted by Crippen LogP contribution is 2.19. The highest BCUT2D eigenvalue weighted by Gasteiger charge is 2.15. The predicted octanol–water partition coefficient (Wildman–Crippen LogP) is 3.68. The van der Waals surface area contributed by atoms with Crippen molar-refractivity contribution in [1.29, 1.82) is 0 Å². The smallest absolute Gasteiger partial charge is 0.265 e. The number of hydrogen-bond acceptors (Lipinski definition) is 5. The van der Waals surface area contributed by atoms with Gasteiger partial charge in [-0.05, 0) is 43.3 Å². The second kappa shape index (κ2) is 9.13. The van der Waals surface area contributed by atoms with Gasteiger partial charge in [0.15, 0.2) is 6.10 Å². The van der Waals surface area contributed by atoms with Crippen molar-refractivity contribution >= 4 is 17.2 Å². The number of ether oxygens (including phenoxy) is 2. The number of hydrogen-bond donors (Lipinski definition) is 1. The Labute approximate surface area is 178 Å². The molecule has 0 spiro atoms. The van der Waals surface area contributed by atoms with Gasteiger partial charge in [0.1, 0.15) is 23.8 Å². The zero-order valence-corrected chi connectivity index (χ0v) is 16.9. The molecule has 0 aliphatic carbocycles. The lowest BCUT2D eigenvalue weighted by Gasteiger charge is -2.15. The second-order valence-corrected chi connectivity index (χ2v) is 6.89. The van der Waals surface area contributed by atoms with E-state index in [1.165, 1.54) is 10.5 Å². The van der Waals surface area contributed by atoms with Crippen LogP contribution < -0.4 is 20.3 Å². The summed E-state index contributed by atoms with van der Waals surface area (Å²) in [6.07, 6.45) is 1.01. The highest BCUT2D eigenvalue weighted by atomic mass is 16.5. The Hall–Kier alpha value is -4.13. The van der Waals surface area contributed by atoms with Gasteiger partial charge >= 0.3 is 0 Å². The molecule has 0 radical (unpaired) electrons. The summed E-state index contributed by atoms with van der Waals surface area (Å²) < 4.78 is 12.9. The van der Waals surface area contributed by atoms with E-state index in [9.17, 15) is 9.59 Å². The highest BCUT2D eigenvalue weighted by molar-refractivity contribution is 5.94. The van der Waals surface area contributed by atoms with Crippen molar-refractivity contribution in [2.24, 2.45) is 0 Å². The SMILES string of the molecule is CC(Oc1ccccc1)C(=O)Nc1cccc(OCc2cc(=O)n3ccccc3n2)c1. The van der Waals surface area contributed by atoms with Crippen LogP contribution in [0.2, 0.25) is 0 Å². The van der Waals surface area contributed by atoms with Crippen molar-refractivity contribution in [3.63, 3.8) is 0 Å². The Morgan fingerprint density at radius 3 is 2.61 bits per heavy atom. The van der Waals surface area contributed by atoms with Crippen LogP contribution in [0.4, 0.5) is 5.69 Å². The molecule has 7 heteroatoms. The first-order valence-corrected chi connectivity index (χ1v) is 9.81.